The highest BCUT2D eigenvalue weighted by molar-refractivity contribution is 5.75. The first kappa shape index (κ1) is 7.46. The Morgan fingerprint density at radius 3 is 2.80 bits per heavy atom. The van der Waals surface area contributed by atoms with Crippen molar-refractivity contribution in [1.82, 2.24) is 10.9 Å². The van der Waals surface area contributed by atoms with E-state index in [-0.39, 0.29) is 6.04 Å². The molecule has 4 N–H and O–H groups in total. The van der Waals surface area contributed by atoms with Gasteiger partial charge in [0.1, 0.15) is 6.04 Å². The molecule has 5 nitrogen and oxygen atoms in total. The maximum absolute atomic E-state index is 10.7. The lowest BCUT2D eigenvalue weighted by molar-refractivity contribution is -0.146. The Morgan fingerprint density at radius 2 is 2.40 bits per heavy atom. The van der Waals surface area contributed by atoms with Gasteiger partial charge in [-0.2, -0.15) is 5.90 Å². The number of nitrogens with one attached hydrogen (secondary N) is 2. The smallest absolute Gasteiger partial charge is 0.342 e. The molecule has 5 heteroatoms. The van der Waals surface area contributed by atoms with Crippen LogP contribution in [0.4, 0.5) is 0 Å². The summed E-state index contributed by atoms with van der Waals surface area (Å²) in [5.74, 6) is 4.26. The van der Waals surface area contributed by atoms with Crippen LogP contribution in [0.1, 0.15) is 13.3 Å². The summed E-state index contributed by atoms with van der Waals surface area (Å²) in [5.41, 5.74) is 5.63. The minimum atomic E-state index is -0.420. The van der Waals surface area contributed by atoms with E-state index in [0.717, 1.165) is 6.42 Å². The molecule has 0 aromatic carbocycles. The quantitative estimate of drug-likeness (QED) is 0.398. The molecule has 0 aromatic rings. The second-order valence-electron chi connectivity index (χ2n) is 2.41. The summed E-state index contributed by atoms with van der Waals surface area (Å²) in [6.45, 7) is 1.97. The predicted molar refractivity (Wildman–Crippen MR) is 34.4 cm³/mol. The zero-order chi connectivity index (χ0) is 7.56. The van der Waals surface area contributed by atoms with Crippen LogP contribution in [0.15, 0.2) is 0 Å². The Balaban J connectivity index is 2.37. The summed E-state index contributed by atoms with van der Waals surface area (Å²) < 4.78 is 0. The van der Waals surface area contributed by atoms with Gasteiger partial charge >= 0.3 is 5.97 Å². The fourth-order valence-electron chi connectivity index (χ4n) is 0.952. The molecule has 1 heterocycles. The van der Waals surface area contributed by atoms with E-state index in [0.29, 0.717) is 6.04 Å². The average Bonchev–Trinajstić information content (AvgIpc) is 2.34. The molecule has 1 saturated heterocycles. The molecule has 0 saturated carbocycles. The molecule has 2 unspecified atom stereocenters. The van der Waals surface area contributed by atoms with Gasteiger partial charge in [-0.3, -0.25) is 5.43 Å². The zero-order valence-corrected chi connectivity index (χ0v) is 5.76. The van der Waals surface area contributed by atoms with Crippen LogP contribution in [0.2, 0.25) is 0 Å². The van der Waals surface area contributed by atoms with Crippen molar-refractivity contribution in [3.05, 3.63) is 0 Å². The summed E-state index contributed by atoms with van der Waals surface area (Å²) in [4.78, 5) is 14.8. The van der Waals surface area contributed by atoms with Gasteiger partial charge in [-0.25, -0.2) is 10.2 Å². The van der Waals surface area contributed by atoms with Gasteiger partial charge in [-0.15, -0.1) is 0 Å². The molecular weight excluding hydrogens is 134 g/mol. The Labute approximate surface area is 58.8 Å². The SMILES string of the molecule is CC1CC(C(=O)ON)NN1. The molecule has 0 bridgehead atoms. The Hall–Kier alpha value is -0.650. The first-order valence-corrected chi connectivity index (χ1v) is 3.15. The highest BCUT2D eigenvalue weighted by Crippen LogP contribution is 2.03. The molecule has 0 radical (unpaired) electrons. The summed E-state index contributed by atoms with van der Waals surface area (Å²) in [7, 11) is 0. The van der Waals surface area contributed by atoms with Gasteiger partial charge in [0.05, 0.1) is 0 Å². The van der Waals surface area contributed by atoms with E-state index >= 15 is 0 Å². The first-order valence-electron chi connectivity index (χ1n) is 3.15. The van der Waals surface area contributed by atoms with Crippen molar-refractivity contribution in [2.75, 3.05) is 0 Å². The van der Waals surface area contributed by atoms with Gasteiger partial charge in [0, 0.05) is 6.04 Å². The number of hydrogen-bond donors (Lipinski definition) is 3. The normalized spacial score (nSPS) is 32.2. The maximum Gasteiger partial charge on any atom is 0.342 e. The van der Waals surface area contributed by atoms with E-state index in [9.17, 15) is 4.79 Å². The summed E-state index contributed by atoms with van der Waals surface area (Å²) in [6, 6.07) is 0.00380. The van der Waals surface area contributed by atoms with Gasteiger partial charge in [0.2, 0.25) is 0 Å². The number of rotatable bonds is 1. The van der Waals surface area contributed by atoms with E-state index in [1.165, 1.54) is 0 Å². The summed E-state index contributed by atoms with van der Waals surface area (Å²) >= 11 is 0. The Bertz CT molecular complexity index is 139. The third-order valence-corrected chi connectivity index (χ3v) is 1.49. The molecule has 2 atom stereocenters. The predicted octanol–water partition coefficient (Wildman–Crippen LogP) is -1.34. The summed E-state index contributed by atoms with van der Waals surface area (Å²) in [6.07, 6.45) is 0.718. The highest BCUT2D eigenvalue weighted by atomic mass is 16.7. The third kappa shape index (κ3) is 1.44. The van der Waals surface area contributed by atoms with Crippen molar-refractivity contribution in [3.8, 4) is 0 Å². The molecule has 0 amide bonds. The second kappa shape index (κ2) is 2.96. The molecule has 0 aliphatic carbocycles. The standard InChI is InChI=1S/C5H11N3O2/c1-3-2-4(8-7-3)5(9)10-6/h3-4,7-8H,2,6H2,1H3. The van der Waals surface area contributed by atoms with E-state index < -0.39 is 5.97 Å². The van der Waals surface area contributed by atoms with Crippen LogP contribution in [0, 0.1) is 0 Å². The van der Waals surface area contributed by atoms with Crippen LogP contribution in [0.3, 0.4) is 0 Å². The largest absolute Gasteiger partial charge is 0.372 e. The van der Waals surface area contributed by atoms with Crippen molar-refractivity contribution >= 4 is 5.97 Å². The van der Waals surface area contributed by atoms with Crippen molar-refractivity contribution in [2.45, 2.75) is 25.4 Å². The molecule has 58 valence electrons. The van der Waals surface area contributed by atoms with E-state index in [1.807, 2.05) is 6.92 Å². The molecule has 1 rings (SSSR count). The molecule has 1 aliphatic rings. The number of carbonyl (C=O) groups is 1. The van der Waals surface area contributed by atoms with Gasteiger partial charge in [0.15, 0.2) is 0 Å². The molecule has 0 spiro atoms. The maximum atomic E-state index is 10.7. The van der Waals surface area contributed by atoms with E-state index in [2.05, 4.69) is 21.6 Å². The van der Waals surface area contributed by atoms with Crippen molar-refractivity contribution in [2.24, 2.45) is 5.90 Å². The number of carbonyl (C=O) groups excluding carboxylic acids is 1. The molecule has 0 aromatic heterocycles. The fourth-order valence-corrected chi connectivity index (χ4v) is 0.952. The van der Waals surface area contributed by atoms with Gasteiger partial charge < -0.3 is 4.84 Å². The van der Waals surface area contributed by atoms with Crippen LogP contribution in [0.5, 0.6) is 0 Å². The molecule has 1 aliphatic heterocycles. The van der Waals surface area contributed by atoms with Crippen LogP contribution >= 0.6 is 0 Å². The molecule has 1 fully saturated rings. The number of hydrogen-bond acceptors (Lipinski definition) is 5. The van der Waals surface area contributed by atoms with Crippen LogP contribution in [0.25, 0.3) is 0 Å². The Morgan fingerprint density at radius 1 is 1.70 bits per heavy atom. The van der Waals surface area contributed by atoms with Crippen molar-refractivity contribution < 1.29 is 9.63 Å². The highest BCUT2D eigenvalue weighted by Gasteiger charge is 2.27. The molecular formula is C5H11N3O2. The lowest BCUT2D eigenvalue weighted by atomic mass is 10.1. The minimum Gasteiger partial charge on any atom is -0.372 e. The third-order valence-electron chi connectivity index (χ3n) is 1.49. The minimum absolute atomic E-state index is 0.292. The fraction of sp³-hybridized carbons (Fsp3) is 0.800. The van der Waals surface area contributed by atoms with E-state index in [4.69, 9.17) is 0 Å². The summed E-state index contributed by atoms with van der Waals surface area (Å²) in [5, 5.41) is 0. The number of nitrogens with two attached hydrogens (primary N) is 1. The van der Waals surface area contributed by atoms with Crippen LogP contribution in [-0.2, 0) is 9.63 Å². The van der Waals surface area contributed by atoms with Crippen LogP contribution in [-0.4, -0.2) is 18.1 Å². The first-order chi connectivity index (χ1) is 4.74. The number of hydrazine groups is 1. The average molecular weight is 145 g/mol. The van der Waals surface area contributed by atoms with Crippen molar-refractivity contribution in [1.29, 1.82) is 0 Å². The van der Waals surface area contributed by atoms with Gasteiger partial charge in [-0.1, -0.05) is 0 Å². The molecule has 10 heavy (non-hydrogen) atoms. The van der Waals surface area contributed by atoms with Crippen molar-refractivity contribution in [3.63, 3.8) is 0 Å². The van der Waals surface area contributed by atoms with E-state index in [1.54, 1.807) is 0 Å². The second-order valence-corrected chi connectivity index (χ2v) is 2.41. The monoisotopic (exact) mass is 145 g/mol. The van der Waals surface area contributed by atoms with Gasteiger partial charge in [-0.05, 0) is 13.3 Å². The lowest BCUT2D eigenvalue weighted by Crippen LogP contribution is -2.38. The van der Waals surface area contributed by atoms with Gasteiger partial charge in [0.25, 0.3) is 0 Å². The Kier molecular flexibility index (Phi) is 2.21. The van der Waals surface area contributed by atoms with Crippen LogP contribution < -0.4 is 16.7 Å². The zero-order valence-electron chi connectivity index (χ0n) is 5.76. The lowest BCUT2D eigenvalue weighted by Gasteiger charge is -2.03. The topological polar surface area (TPSA) is 76.4 Å².